The Kier molecular flexibility index (Phi) is 7.33. The lowest BCUT2D eigenvalue weighted by atomic mass is 10.1. The third-order valence-electron chi connectivity index (χ3n) is 5.79. The Morgan fingerprint density at radius 3 is 2.24 bits per heavy atom. The van der Waals surface area contributed by atoms with Crippen molar-refractivity contribution in [3.63, 3.8) is 0 Å². The quantitative estimate of drug-likeness (QED) is 0.538. The topological polar surface area (TPSA) is 69.7 Å². The number of hydrogen-bond donors (Lipinski definition) is 1. The van der Waals surface area contributed by atoms with Crippen molar-refractivity contribution in [2.75, 3.05) is 31.5 Å². The van der Waals surface area contributed by atoms with Crippen molar-refractivity contribution in [3.8, 4) is 0 Å². The van der Waals surface area contributed by atoms with Crippen molar-refractivity contribution in [2.24, 2.45) is 0 Å². The van der Waals surface area contributed by atoms with E-state index in [1.165, 1.54) is 22.5 Å². The fraction of sp³-hybridized carbons (Fsp3) is 0.240. The number of carbonyl (C=O) groups is 1. The van der Waals surface area contributed by atoms with Crippen LogP contribution < -0.4 is 5.32 Å². The molecule has 1 aliphatic heterocycles. The molecule has 0 saturated carbocycles. The van der Waals surface area contributed by atoms with Crippen LogP contribution in [0.3, 0.4) is 0 Å². The molecule has 1 fully saturated rings. The molecule has 6 nitrogen and oxygen atoms in total. The smallest absolute Gasteiger partial charge is 0.255 e. The molecule has 1 heterocycles. The van der Waals surface area contributed by atoms with Gasteiger partial charge in [0.1, 0.15) is 5.82 Å². The number of nitrogens with one attached hydrogen (secondary N) is 1. The summed E-state index contributed by atoms with van der Waals surface area (Å²) in [7, 11) is -3.49. The maximum absolute atomic E-state index is 13.3. The SMILES string of the molecule is Cc1ccc(S(=O)(=O)N2CCN(Cc3ccc(C(=O)Nc4ccc(F)c(Cl)c4)cc3)CC2)cc1. The second kappa shape index (κ2) is 10.2. The fourth-order valence-corrected chi connectivity index (χ4v) is 5.39. The monoisotopic (exact) mass is 501 g/mol. The van der Waals surface area contributed by atoms with Crippen molar-refractivity contribution < 1.29 is 17.6 Å². The highest BCUT2D eigenvalue weighted by Crippen LogP contribution is 2.21. The van der Waals surface area contributed by atoms with Gasteiger partial charge in [-0.1, -0.05) is 41.4 Å². The average Bonchev–Trinajstić information content (AvgIpc) is 2.82. The number of rotatable bonds is 6. The number of hydrogen-bond acceptors (Lipinski definition) is 4. The molecule has 0 unspecified atom stereocenters. The van der Waals surface area contributed by atoms with Crippen LogP contribution in [-0.2, 0) is 16.6 Å². The molecule has 3 aromatic rings. The zero-order valence-electron chi connectivity index (χ0n) is 18.7. The molecule has 34 heavy (non-hydrogen) atoms. The van der Waals surface area contributed by atoms with Gasteiger partial charge in [-0.2, -0.15) is 4.31 Å². The normalized spacial score (nSPS) is 15.3. The number of benzene rings is 3. The van der Waals surface area contributed by atoms with Gasteiger partial charge in [-0.25, -0.2) is 12.8 Å². The van der Waals surface area contributed by atoms with E-state index in [-0.39, 0.29) is 10.9 Å². The van der Waals surface area contributed by atoms with Gasteiger partial charge < -0.3 is 5.32 Å². The Bertz CT molecular complexity index is 1270. The number of sulfonamides is 1. The maximum atomic E-state index is 13.3. The molecule has 0 aromatic heterocycles. The lowest BCUT2D eigenvalue weighted by Crippen LogP contribution is -2.48. The highest BCUT2D eigenvalue weighted by atomic mass is 35.5. The van der Waals surface area contributed by atoms with E-state index >= 15 is 0 Å². The third kappa shape index (κ3) is 5.64. The molecular weight excluding hydrogens is 477 g/mol. The summed E-state index contributed by atoms with van der Waals surface area (Å²) in [6.45, 7) is 4.69. The van der Waals surface area contributed by atoms with Crippen LogP contribution in [0, 0.1) is 12.7 Å². The summed E-state index contributed by atoms with van der Waals surface area (Å²) in [6, 6.07) is 18.1. The molecule has 0 spiro atoms. The van der Waals surface area contributed by atoms with Crippen LogP contribution in [0.4, 0.5) is 10.1 Å². The molecule has 1 aliphatic rings. The van der Waals surface area contributed by atoms with Crippen LogP contribution in [0.2, 0.25) is 5.02 Å². The van der Waals surface area contributed by atoms with Gasteiger partial charge in [-0.15, -0.1) is 0 Å². The summed E-state index contributed by atoms with van der Waals surface area (Å²) in [5.41, 5.74) is 2.93. The number of halogens is 2. The second-order valence-corrected chi connectivity index (χ2v) is 10.6. The number of amides is 1. The molecule has 4 rings (SSSR count). The lowest BCUT2D eigenvalue weighted by molar-refractivity contribution is 0.102. The summed E-state index contributed by atoms with van der Waals surface area (Å²) < 4.78 is 40.6. The highest BCUT2D eigenvalue weighted by molar-refractivity contribution is 7.89. The minimum absolute atomic E-state index is 0.0556. The van der Waals surface area contributed by atoms with Crippen LogP contribution in [0.25, 0.3) is 0 Å². The lowest BCUT2D eigenvalue weighted by Gasteiger charge is -2.34. The average molecular weight is 502 g/mol. The molecule has 178 valence electrons. The second-order valence-electron chi connectivity index (χ2n) is 8.27. The van der Waals surface area contributed by atoms with E-state index in [0.29, 0.717) is 48.9 Å². The first-order valence-corrected chi connectivity index (χ1v) is 12.7. The van der Waals surface area contributed by atoms with Crippen LogP contribution in [0.15, 0.2) is 71.6 Å². The van der Waals surface area contributed by atoms with Gasteiger partial charge in [0.2, 0.25) is 10.0 Å². The third-order valence-corrected chi connectivity index (χ3v) is 7.99. The Morgan fingerprint density at radius 2 is 1.62 bits per heavy atom. The Labute approximate surface area is 204 Å². The molecule has 0 aliphatic carbocycles. The predicted molar refractivity (Wildman–Crippen MR) is 131 cm³/mol. The van der Waals surface area contributed by atoms with Crippen molar-refractivity contribution in [3.05, 3.63) is 94.3 Å². The summed E-state index contributed by atoms with van der Waals surface area (Å²) in [6.07, 6.45) is 0. The Hall–Kier alpha value is -2.78. The minimum atomic E-state index is -3.49. The van der Waals surface area contributed by atoms with Crippen molar-refractivity contribution >= 4 is 33.2 Å². The fourth-order valence-electron chi connectivity index (χ4n) is 3.78. The first kappa shape index (κ1) is 24.3. The van der Waals surface area contributed by atoms with E-state index in [9.17, 15) is 17.6 Å². The first-order valence-electron chi connectivity index (χ1n) is 10.9. The van der Waals surface area contributed by atoms with Gasteiger partial charge in [-0.3, -0.25) is 9.69 Å². The summed E-state index contributed by atoms with van der Waals surface area (Å²) in [5, 5.41) is 2.64. The van der Waals surface area contributed by atoms with Crippen molar-refractivity contribution in [1.82, 2.24) is 9.21 Å². The molecule has 0 atom stereocenters. The molecule has 1 saturated heterocycles. The number of anilines is 1. The largest absolute Gasteiger partial charge is 0.322 e. The first-order chi connectivity index (χ1) is 16.2. The van der Waals surface area contributed by atoms with Crippen LogP contribution in [0.5, 0.6) is 0 Å². The maximum Gasteiger partial charge on any atom is 0.255 e. The number of piperazine rings is 1. The zero-order valence-corrected chi connectivity index (χ0v) is 20.2. The Balaban J connectivity index is 1.31. The van der Waals surface area contributed by atoms with Gasteiger partial charge >= 0.3 is 0 Å². The predicted octanol–water partition coefficient (Wildman–Crippen LogP) is 4.55. The van der Waals surface area contributed by atoms with Gasteiger partial charge in [0, 0.05) is 44.0 Å². The molecule has 3 aromatic carbocycles. The van der Waals surface area contributed by atoms with E-state index in [1.807, 2.05) is 31.2 Å². The van der Waals surface area contributed by atoms with E-state index in [2.05, 4.69) is 10.2 Å². The van der Waals surface area contributed by atoms with Crippen LogP contribution in [0.1, 0.15) is 21.5 Å². The standard InChI is InChI=1S/C25H25ClFN3O3S/c1-18-2-9-22(10-3-18)34(32,33)30-14-12-29(13-15-30)17-19-4-6-20(7-5-19)25(31)28-21-8-11-24(27)23(26)16-21/h2-11,16H,12-15,17H2,1H3,(H,28,31). The van der Waals surface area contributed by atoms with Crippen molar-refractivity contribution in [1.29, 1.82) is 0 Å². The minimum Gasteiger partial charge on any atom is -0.322 e. The van der Waals surface area contributed by atoms with Gasteiger partial charge in [0.25, 0.3) is 5.91 Å². The number of aryl methyl sites for hydroxylation is 1. The van der Waals surface area contributed by atoms with E-state index in [0.717, 1.165) is 11.1 Å². The molecule has 1 N–H and O–H groups in total. The molecule has 0 bridgehead atoms. The Morgan fingerprint density at radius 1 is 0.971 bits per heavy atom. The zero-order chi connectivity index (χ0) is 24.3. The van der Waals surface area contributed by atoms with Crippen LogP contribution >= 0.6 is 11.6 Å². The van der Waals surface area contributed by atoms with E-state index in [1.54, 1.807) is 24.3 Å². The van der Waals surface area contributed by atoms with E-state index in [4.69, 9.17) is 11.6 Å². The summed E-state index contributed by atoms with van der Waals surface area (Å²) >= 11 is 5.76. The van der Waals surface area contributed by atoms with Gasteiger partial charge in [0.15, 0.2) is 0 Å². The summed E-state index contributed by atoms with van der Waals surface area (Å²) in [4.78, 5) is 15.0. The van der Waals surface area contributed by atoms with Gasteiger partial charge in [0.05, 0.1) is 9.92 Å². The van der Waals surface area contributed by atoms with Crippen LogP contribution in [-0.4, -0.2) is 49.7 Å². The van der Waals surface area contributed by atoms with E-state index < -0.39 is 15.8 Å². The van der Waals surface area contributed by atoms with Crippen molar-refractivity contribution in [2.45, 2.75) is 18.4 Å². The molecular formula is C25H25ClFN3O3S. The summed E-state index contributed by atoms with van der Waals surface area (Å²) in [5.74, 6) is -0.859. The number of carbonyl (C=O) groups excluding carboxylic acids is 1. The molecule has 9 heteroatoms. The molecule has 1 amide bonds. The van der Waals surface area contributed by atoms with Gasteiger partial charge in [-0.05, 0) is 55.0 Å². The number of nitrogens with zero attached hydrogens (tertiary/aromatic N) is 2. The molecule has 0 radical (unpaired) electrons. The highest BCUT2D eigenvalue weighted by Gasteiger charge is 2.28.